The molecule has 0 spiro atoms. The first kappa shape index (κ1) is 21.4. The molecule has 0 atom stereocenters. The minimum atomic E-state index is -0.571. The summed E-state index contributed by atoms with van der Waals surface area (Å²) >= 11 is 0. The minimum absolute atomic E-state index is 0.0258. The smallest absolute Gasteiger partial charge is 0.256 e. The fourth-order valence-corrected chi connectivity index (χ4v) is 3.28. The summed E-state index contributed by atoms with van der Waals surface area (Å²) in [5.74, 6) is -0.533. The highest BCUT2D eigenvalue weighted by Gasteiger charge is 2.19. The first-order valence-corrected chi connectivity index (χ1v) is 9.70. The van der Waals surface area contributed by atoms with Gasteiger partial charge in [0.1, 0.15) is 11.6 Å². The molecule has 3 aromatic rings. The number of aromatic nitrogens is 2. The molecule has 1 aromatic carbocycles. The van der Waals surface area contributed by atoms with E-state index in [0.29, 0.717) is 31.0 Å². The molecule has 6 nitrogen and oxygen atoms in total. The van der Waals surface area contributed by atoms with Crippen LogP contribution in [-0.4, -0.2) is 48.1 Å². The molecule has 0 radical (unpaired) electrons. The molecular formula is C23H25FN4O2. The van der Waals surface area contributed by atoms with Gasteiger partial charge >= 0.3 is 0 Å². The van der Waals surface area contributed by atoms with Crippen molar-refractivity contribution in [2.24, 2.45) is 0 Å². The Labute approximate surface area is 175 Å². The molecule has 2 aromatic heterocycles. The Bertz CT molecular complexity index is 1040. The van der Waals surface area contributed by atoms with Crippen LogP contribution in [0.25, 0.3) is 22.3 Å². The van der Waals surface area contributed by atoms with E-state index in [9.17, 15) is 9.18 Å². The van der Waals surface area contributed by atoms with Crippen molar-refractivity contribution >= 4 is 11.7 Å². The number of amides is 1. The summed E-state index contributed by atoms with van der Waals surface area (Å²) in [5.41, 5.74) is 9.83. The number of pyridine rings is 2. The zero-order valence-corrected chi connectivity index (χ0v) is 17.4. The average molecular weight is 408 g/mol. The molecule has 0 saturated carbocycles. The number of nitrogens with two attached hydrogens (primary N) is 1. The molecule has 0 fully saturated rings. The van der Waals surface area contributed by atoms with Crippen LogP contribution < -0.4 is 5.73 Å². The summed E-state index contributed by atoms with van der Waals surface area (Å²) in [7, 11) is 3.18. The van der Waals surface area contributed by atoms with E-state index in [4.69, 9.17) is 10.5 Å². The highest BCUT2D eigenvalue weighted by molar-refractivity contribution is 5.95. The van der Waals surface area contributed by atoms with E-state index >= 15 is 0 Å². The van der Waals surface area contributed by atoms with Crippen LogP contribution in [0.5, 0.6) is 0 Å². The van der Waals surface area contributed by atoms with Crippen LogP contribution in [0.2, 0.25) is 0 Å². The SMILES string of the molecule is CCc1nccc(-c2ccc(C(=O)N(C)CCOC)c(F)c2)c1-c1ccc(N)nc1. The molecule has 2 N–H and O–H groups in total. The molecule has 7 heteroatoms. The van der Waals surface area contributed by atoms with Crippen molar-refractivity contribution in [1.29, 1.82) is 0 Å². The number of halogens is 1. The van der Waals surface area contributed by atoms with Crippen molar-refractivity contribution in [3.63, 3.8) is 0 Å². The maximum Gasteiger partial charge on any atom is 0.256 e. The zero-order valence-electron chi connectivity index (χ0n) is 17.4. The number of aryl methyl sites for hydroxylation is 1. The molecule has 30 heavy (non-hydrogen) atoms. The van der Waals surface area contributed by atoms with Gasteiger partial charge in [0.25, 0.3) is 5.91 Å². The number of hydrogen-bond acceptors (Lipinski definition) is 5. The lowest BCUT2D eigenvalue weighted by Crippen LogP contribution is -2.30. The summed E-state index contributed by atoms with van der Waals surface area (Å²) < 4.78 is 19.9. The van der Waals surface area contributed by atoms with Crippen molar-refractivity contribution in [3.8, 4) is 22.3 Å². The predicted molar refractivity (Wildman–Crippen MR) is 115 cm³/mol. The highest BCUT2D eigenvalue weighted by atomic mass is 19.1. The Morgan fingerprint density at radius 3 is 2.57 bits per heavy atom. The molecule has 0 aliphatic rings. The molecule has 0 unspecified atom stereocenters. The van der Waals surface area contributed by atoms with E-state index in [0.717, 1.165) is 22.4 Å². The van der Waals surface area contributed by atoms with E-state index in [2.05, 4.69) is 9.97 Å². The maximum atomic E-state index is 14.9. The summed E-state index contributed by atoms with van der Waals surface area (Å²) in [4.78, 5) is 22.6. The van der Waals surface area contributed by atoms with E-state index in [-0.39, 0.29) is 11.5 Å². The van der Waals surface area contributed by atoms with Gasteiger partial charge in [0.05, 0.1) is 12.2 Å². The second kappa shape index (κ2) is 9.45. The summed E-state index contributed by atoms with van der Waals surface area (Å²) in [5, 5.41) is 0. The number of carbonyl (C=O) groups excluding carboxylic acids is 1. The standard InChI is InChI=1S/C23H25FN4O2/c1-4-20-22(16-6-8-21(25)27-14-16)17(9-10-26-20)15-5-7-18(19(24)13-15)23(29)28(2)11-12-30-3/h5-10,13-14H,4,11-12H2,1-3H3,(H2,25,27). The largest absolute Gasteiger partial charge is 0.384 e. The lowest BCUT2D eigenvalue weighted by atomic mass is 9.93. The predicted octanol–water partition coefficient (Wildman–Crippen LogP) is 3.81. The van der Waals surface area contributed by atoms with Gasteiger partial charge in [-0.15, -0.1) is 0 Å². The molecule has 156 valence electrons. The van der Waals surface area contributed by atoms with Crippen molar-refractivity contribution in [3.05, 3.63) is 65.9 Å². The second-order valence-electron chi connectivity index (χ2n) is 6.92. The second-order valence-corrected chi connectivity index (χ2v) is 6.92. The van der Waals surface area contributed by atoms with Gasteiger partial charge in [-0.3, -0.25) is 9.78 Å². The Kier molecular flexibility index (Phi) is 6.74. The summed E-state index contributed by atoms with van der Waals surface area (Å²) in [6.45, 7) is 2.78. The fraction of sp³-hybridized carbons (Fsp3) is 0.261. The summed E-state index contributed by atoms with van der Waals surface area (Å²) in [6, 6.07) is 10.1. The van der Waals surface area contributed by atoms with Gasteiger partial charge in [-0.2, -0.15) is 0 Å². The summed E-state index contributed by atoms with van der Waals surface area (Å²) in [6.07, 6.45) is 4.10. The van der Waals surface area contributed by atoms with E-state index in [1.165, 1.54) is 17.0 Å². The van der Waals surface area contributed by atoms with Gasteiger partial charge in [0, 0.05) is 49.9 Å². The zero-order chi connectivity index (χ0) is 21.7. The third-order valence-electron chi connectivity index (χ3n) is 4.93. The number of rotatable bonds is 7. The van der Waals surface area contributed by atoms with Crippen LogP contribution in [0.4, 0.5) is 10.2 Å². The minimum Gasteiger partial charge on any atom is -0.384 e. The molecule has 0 aliphatic carbocycles. The molecule has 0 saturated heterocycles. The Morgan fingerprint density at radius 1 is 1.17 bits per heavy atom. The van der Waals surface area contributed by atoms with Gasteiger partial charge in [0.2, 0.25) is 0 Å². The lowest BCUT2D eigenvalue weighted by Gasteiger charge is -2.18. The van der Waals surface area contributed by atoms with Crippen LogP contribution in [0.3, 0.4) is 0 Å². The molecule has 0 bridgehead atoms. The van der Waals surface area contributed by atoms with Gasteiger partial charge in [-0.25, -0.2) is 9.37 Å². The molecule has 1 amide bonds. The number of likely N-dealkylation sites (N-methyl/N-ethyl adjacent to an activating group) is 1. The Morgan fingerprint density at radius 2 is 1.93 bits per heavy atom. The lowest BCUT2D eigenvalue weighted by molar-refractivity contribution is 0.0739. The van der Waals surface area contributed by atoms with Crippen LogP contribution in [-0.2, 0) is 11.2 Å². The van der Waals surface area contributed by atoms with Crippen molar-refractivity contribution in [2.75, 3.05) is 33.0 Å². The Hall–Kier alpha value is -3.32. The third kappa shape index (κ3) is 4.46. The highest BCUT2D eigenvalue weighted by Crippen LogP contribution is 2.35. The molecular weight excluding hydrogens is 383 g/mol. The van der Waals surface area contributed by atoms with Gasteiger partial charge in [-0.05, 0) is 47.9 Å². The van der Waals surface area contributed by atoms with Crippen molar-refractivity contribution < 1.29 is 13.9 Å². The number of carbonyl (C=O) groups is 1. The number of ether oxygens (including phenoxy) is 1. The average Bonchev–Trinajstić information content (AvgIpc) is 2.77. The van der Waals surface area contributed by atoms with Crippen molar-refractivity contribution in [1.82, 2.24) is 14.9 Å². The van der Waals surface area contributed by atoms with E-state index < -0.39 is 5.82 Å². The van der Waals surface area contributed by atoms with Gasteiger partial charge in [0.15, 0.2) is 0 Å². The first-order valence-electron chi connectivity index (χ1n) is 9.70. The van der Waals surface area contributed by atoms with Crippen molar-refractivity contribution in [2.45, 2.75) is 13.3 Å². The Balaban J connectivity index is 2.03. The number of methoxy groups -OCH3 is 1. The topological polar surface area (TPSA) is 81.3 Å². The molecule has 0 aliphatic heterocycles. The number of anilines is 1. The number of nitrogen functional groups attached to an aromatic ring is 1. The van der Waals surface area contributed by atoms with E-state index in [1.54, 1.807) is 38.7 Å². The van der Waals surface area contributed by atoms with E-state index in [1.807, 2.05) is 19.1 Å². The third-order valence-corrected chi connectivity index (χ3v) is 4.93. The van der Waals surface area contributed by atoms with Crippen LogP contribution in [0.15, 0.2) is 48.8 Å². The first-order chi connectivity index (χ1) is 14.5. The van der Waals surface area contributed by atoms with Crippen LogP contribution in [0, 0.1) is 5.82 Å². The maximum absolute atomic E-state index is 14.9. The van der Waals surface area contributed by atoms with Gasteiger partial charge < -0.3 is 15.4 Å². The van der Waals surface area contributed by atoms with Crippen LogP contribution in [0.1, 0.15) is 23.0 Å². The quantitative estimate of drug-likeness (QED) is 0.643. The monoisotopic (exact) mass is 408 g/mol. The molecule has 3 rings (SSSR count). The normalized spacial score (nSPS) is 10.8. The number of benzene rings is 1. The van der Waals surface area contributed by atoms with Crippen LogP contribution >= 0.6 is 0 Å². The number of hydrogen-bond donors (Lipinski definition) is 1. The van der Waals surface area contributed by atoms with Gasteiger partial charge in [-0.1, -0.05) is 13.0 Å². The number of nitrogens with zero attached hydrogens (tertiary/aromatic N) is 3. The molecule has 2 heterocycles. The fourth-order valence-electron chi connectivity index (χ4n) is 3.28.